The third kappa shape index (κ3) is 6.52. The van der Waals surface area contributed by atoms with Crippen molar-refractivity contribution < 1.29 is 19.5 Å². The number of nitrogens with two attached hydrogens (primary N) is 2. The van der Waals surface area contributed by atoms with Crippen molar-refractivity contribution in [2.45, 2.75) is 31.7 Å². The monoisotopic (exact) mass is 694 g/mol. The molecule has 0 saturated carbocycles. The summed E-state index contributed by atoms with van der Waals surface area (Å²) in [4.78, 5) is 49.3. The maximum atomic E-state index is 14.2. The SMILES string of the molecule is C=CCN(C(=O)NCc1ccc(Cl)c(Cl)c1)N1CC(=O)N2[C@@H](Cc3ccc(O)c(N)c3)C(=O)N(Cc3cccc4sc(N)nc34)C[C@@H]21. The van der Waals surface area contributed by atoms with Crippen LogP contribution in [0.3, 0.4) is 0 Å². The molecule has 4 aromatic rings. The number of hydrogen-bond acceptors (Lipinski definition) is 9. The largest absolute Gasteiger partial charge is 0.506 e. The summed E-state index contributed by atoms with van der Waals surface area (Å²) in [6.45, 7) is 4.30. The summed E-state index contributed by atoms with van der Waals surface area (Å²) in [5.41, 5.74) is 15.1. The lowest BCUT2D eigenvalue weighted by atomic mass is 9.99. The van der Waals surface area contributed by atoms with Crippen LogP contribution in [0, 0.1) is 0 Å². The van der Waals surface area contributed by atoms with E-state index in [4.69, 9.17) is 34.7 Å². The number of piperazine rings is 1. The van der Waals surface area contributed by atoms with E-state index in [0.29, 0.717) is 26.3 Å². The van der Waals surface area contributed by atoms with Crippen LogP contribution in [0.4, 0.5) is 15.6 Å². The van der Waals surface area contributed by atoms with E-state index >= 15 is 0 Å². The standard InChI is InChI=1S/C32H32Cl2N8O4S/c1-2-10-40(32(46)37-14-19-6-8-21(33)22(34)11-19)41-17-28(44)42-24(13-18-7-9-25(43)23(35)12-18)30(45)39(16-27(41)42)15-20-4-3-5-26-29(20)38-31(36)47-26/h2-9,11-12,24,27,43H,1,10,13-17,35H2,(H2,36,38)(H,37,46)/t24-,27+/m0/s1. The van der Waals surface area contributed by atoms with E-state index in [1.807, 2.05) is 18.2 Å². The Labute approximate surface area is 284 Å². The zero-order valence-electron chi connectivity index (χ0n) is 25.1. The van der Waals surface area contributed by atoms with Gasteiger partial charge in [0.25, 0.3) is 0 Å². The third-order valence-electron chi connectivity index (χ3n) is 8.24. The van der Waals surface area contributed by atoms with E-state index in [9.17, 15) is 19.5 Å². The lowest BCUT2D eigenvalue weighted by molar-refractivity contribution is -0.157. The first kappa shape index (κ1) is 32.4. The Bertz CT molecular complexity index is 1890. The molecule has 244 valence electrons. The zero-order valence-corrected chi connectivity index (χ0v) is 27.4. The van der Waals surface area contributed by atoms with Crippen LogP contribution in [0.1, 0.15) is 16.7 Å². The highest BCUT2D eigenvalue weighted by atomic mass is 35.5. The van der Waals surface area contributed by atoms with E-state index in [0.717, 1.165) is 15.8 Å². The Morgan fingerprint density at radius 3 is 2.66 bits per heavy atom. The van der Waals surface area contributed by atoms with Crippen LogP contribution in [-0.4, -0.2) is 79.6 Å². The summed E-state index contributed by atoms with van der Waals surface area (Å²) < 4.78 is 0.899. The second-order valence-electron chi connectivity index (χ2n) is 11.3. The molecule has 2 aliphatic heterocycles. The van der Waals surface area contributed by atoms with Crippen molar-refractivity contribution in [3.63, 3.8) is 0 Å². The second kappa shape index (κ2) is 13.3. The number of aromatic nitrogens is 1. The molecule has 0 aliphatic carbocycles. The number of hydrogen-bond donors (Lipinski definition) is 4. The molecule has 0 radical (unpaired) electrons. The maximum Gasteiger partial charge on any atom is 0.332 e. The molecule has 2 saturated heterocycles. The van der Waals surface area contributed by atoms with Crippen molar-refractivity contribution >= 4 is 73.4 Å². The van der Waals surface area contributed by atoms with Gasteiger partial charge in [-0.1, -0.05) is 64.9 Å². The van der Waals surface area contributed by atoms with Gasteiger partial charge in [-0.25, -0.2) is 9.78 Å². The number of aromatic hydroxyl groups is 1. The Hall–Kier alpha value is -4.56. The minimum Gasteiger partial charge on any atom is -0.506 e. The number of carbonyl (C=O) groups excluding carboxylic acids is 3. The third-order valence-corrected chi connectivity index (χ3v) is 9.83. The van der Waals surface area contributed by atoms with Crippen LogP contribution in [0.15, 0.2) is 67.3 Å². The lowest BCUT2D eigenvalue weighted by Crippen LogP contribution is -2.66. The van der Waals surface area contributed by atoms with E-state index in [1.165, 1.54) is 22.4 Å². The van der Waals surface area contributed by atoms with Crippen LogP contribution >= 0.6 is 34.5 Å². The van der Waals surface area contributed by atoms with Gasteiger partial charge in [0, 0.05) is 19.5 Å². The van der Waals surface area contributed by atoms with Crippen molar-refractivity contribution in [3.05, 3.63) is 94.0 Å². The number of phenols is 1. The first-order valence-electron chi connectivity index (χ1n) is 14.7. The van der Waals surface area contributed by atoms with Crippen molar-refractivity contribution in [1.29, 1.82) is 0 Å². The first-order chi connectivity index (χ1) is 22.5. The molecule has 3 aromatic carbocycles. The quantitative estimate of drug-likeness (QED) is 0.115. The number of hydrazine groups is 1. The van der Waals surface area contributed by atoms with Gasteiger partial charge in [0.05, 0.1) is 45.6 Å². The van der Waals surface area contributed by atoms with Gasteiger partial charge in [-0.2, -0.15) is 5.01 Å². The number of phenolic OH excluding ortho intramolecular Hbond substituents is 1. The topological polar surface area (TPSA) is 161 Å². The number of fused-ring (bicyclic) bond motifs is 2. The minimum absolute atomic E-state index is 0.0748. The highest BCUT2D eigenvalue weighted by Crippen LogP contribution is 2.33. The normalized spacial score (nSPS) is 18.1. The number of nitrogen functional groups attached to an aromatic ring is 2. The number of carbonyl (C=O) groups is 3. The molecule has 3 heterocycles. The second-order valence-corrected chi connectivity index (χ2v) is 13.2. The molecule has 47 heavy (non-hydrogen) atoms. The van der Waals surface area contributed by atoms with Crippen LogP contribution in [0.5, 0.6) is 5.75 Å². The van der Waals surface area contributed by atoms with Gasteiger partial charge in [-0.15, -0.1) is 6.58 Å². The number of anilines is 2. The van der Waals surface area contributed by atoms with Crippen molar-refractivity contribution in [2.24, 2.45) is 0 Å². The molecule has 12 nitrogen and oxygen atoms in total. The van der Waals surface area contributed by atoms with Gasteiger partial charge in [0.15, 0.2) is 5.13 Å². The molecule has 15 heteroatoms. The number of nitrogens with zero attached hydrogens (tertiary/aromatic N) is 5. The predicted octanol–water partition coefficient (Wildman–Crippen LogP) is 4.21. The van der Waals surface area contributed by atoms with Crippen molar-refractivity contribution in [1.82, 2.24) is 30.1 Å². The number of thiazole rings is 1. The van der Waals surface area contributed by atoms with Gasteiger partial charge in [0.1, 0.15) is 18.0 Å². The van der Waals surface area contributed by atoms with E-state index < -0.39 is 18.2 Å². The van der Waals surface area contributed by atoms with Crippen LogP contribution in [-0.2, 0) is 29.1 Å². The van der Waals surface area contributed by atoms with Gasteiger partial charge in [-0.05, 0) is 47.0 Å². The summed E-state index contributed by atoms with van der Waals surface area (Å²) in [6.07, 6.45) is 1.05. The molecule has 0 spiro atoms. The van der Waals surface area contributed by atoms with Crippen LogP contribution in [0.2, 0.25) is 10.0 Å². The molecular weight excluding hydrogens is 663 g/mol. The summed E-state index contributed by atoms with van der Waals surface area (Å²) in [5, 5.41) is 17.2. The summed E-state index contributed by atoms with van der Waals surface area (Å²) in [5.74, 6) is -0.641. The van der Waals surface area contributed by atoms with Crippen LogP contribution in [0.25, 0.3) is 10.2 Å². The fourth-order valence-corrected chi connectivity index (χ4v) is 7.15. The maximum absolute atomic E-state index is 14.2. The number of amides is 4. The molecule has 0 bridgehead atoms. The van der Waals surface area contributed by atoms with Gasteiger partial charge in [-0.3, -0.25) is 14.6 Å². The Kier molecular flexibility index (Phi) is 9.15. The summed E-state index contributed by atoms with van der Waals surface area (Å²) in [6, 6.07) is 14.2. The Balaban J connectivity index is 1.32. The predicted molar refractivity (Wildman–Crippen MR) is 182 cm³/mol. The first-order valence-corrected chi connectivity index (χ1v) is 16.3. The number of rotatable bonds is 9. The number of benzene rings is 3. The van der Waals surface area contributed by atoms with E-state index in [-0.39, 0.29) is 62.4 Å². The van der Waals surface area contributed by atoms with Gasteiger partial charge < -0.3 is 31.7 Å². The lowest BCUT2D eigenvalue weighted by Gasteiger charge is -2.46. The Morgan fingerprint density at radius 1 is 1.13 bits per heavy atom. The molecule has 1 aromatic heterocycles. The number of urea groups is 1. The molecular formula is C32H32Cl2N8O4S. The van der Waals surface area contributed by atoms with Gasteiger partial charge in [0.2, 0.25) is 11.8 Å². The Morgan fingerprint density at radius 2 is 1.91 bits per heavy atom. The molecule has 2 atom stereocenters. The van der Waals surface area contributed by atoms with E-state index in [1.54, 1.807) is 51.2 Å². The van der Waals surface area contributed by atoms with Crippen molar-refractivity contribution in [3.8, 4) is 5.75 Å². The fourth-order valence-electron chi connectivity index (χ4n) is 6.05. The average Bonchev–Trinajstić information content (AvgIpc) is 3.59. The number of nitrogens with one attached hydrogen (secondary N) is 1. The highest BCUT2D eigenvalue weighted by Gasteiger charge is 2.52. The number of halogens is 2. The fraction of sp³-hybridized carbons (Fsp3) is 0.250. The molecule has 4 amide bonds. The highest BCUT2D eigenvalue weighted by molar-refractivity contribution is 7.22. The molecule has 6 rings (SSSR count). The zero-order chi connectivity index (χ0) is 33.4. The molecule has 2 aliphatic rings. The smallest absolute Gasteiger partial charge is 0.332 e. The summed E-state index contributed by atoms with van der Waals surface area (Å²) >= 11 is 13.6. The average molecular weight is 696 g/mol. The summed E-state index contributed by atoms with van der Waals surface area (Å²) in [7, 11) is 0. The minimum atomic E-state index is -0.903. The van der Waals surface area contributed by atoms with Crippen molar-refractivity contribution in [2.75, 3.05) is 31.1 Å². The van der Waals surface area contributed by atoms with Gasteiger partial charge >= 0.3 is 6.03 Å². The molecule has 2 fully saturated rings. The van der Waals surface area contributed by atoms with E-state index in [2.05, 4.69) is 16.9 Å². The molecule has 0 unspecified atom stereocenters. The number of para-hydroxylation sites is 1. The molecule has 6 N–H and O–H groups in total. The van der Waals surface area contributed by atoms with Crippen LogP contribution < -0.4 is 16.8 Å².